The van der Waals surface area contributed by atoms with E-state index in [0.29, 0.717) is 32.0 Å². The van der Waals surface area contributed by atoms with Gasteiger partial charge in [-0.15, -0.1) is 0 Å². The van der Waals surface area contributed by atoms with Crippen LogP contribution in [0.25, 0.3) is 0 Å². The van der Waals surface area contributed by atoms with Crippen LogP contribution in [0.5, 0.6) is 0 Å². The maximum Gasteiger partial charge on any atom is 0.305 e. The van der Waals surface area contributed by atoms with Gasteiger partial charge in [0, 0.05) is 12.8 Å². The predicted molar refractivity (Wildman–Crippen MR) is 121 cm³/mol. The summed E-state index contributed by atoms with van der Waals surface area (Å²) in [5, 5.41) is 0. The molecule has 1 unspecified atom stereocenters. The lowest BCUT2D eigenvalue weighted by Gasteiger charge is -2.14. The Bertz CT molecular complexity index is 381. The average Bonchev–Trinajstić information content (AvgIpc) is 2.72. The summed E-state index contributed by atoms with van der Waals surface area (Å²) < 4.78 is 10.7. The van der Waals surface area contributed by atoms with Gasteiger partial charge in [-0.2, -0.15) is 0 Å². The fraction of sp³-hybridized carbons (Fsp3) is 0.920. The first-order valence-electron chi connectivity index (χ1n) is 12.4. The topological polar surface area (TPSA) is 52.6 Å². The van der Waals surface area contributed by atoms with Crippen molar-refractivity contribution in [1.82, 2.24) is 0 Å². The molecule has 0 heterocycles. The van der Waals surface area contributed by atoms with E-state index in [9.17, 15) is 9.59 Å². The summed E-state index contributed by atoms with van der Waals surface area (Å²) in [6, 6.07) is 0. The zero-order valence-electron chi connectivity index (χ0n) is 19.6. The largest absolute Gasteiger partial charge is 0.466 e. The zero-order valence-corrected chi connectivity index (χ0v) is 19.6. The van der Waals surface area contributed by atoms with Gasteiger partial charge in [0.05, 0.1) is 13.2 Å². The number of hydrogen-bond donors (Lipinski definition) is 0. The highest BCUT2D eigenvalue weighted by Gasteiger charge is 2.10. The minimum absolute atomic E-state index is 0.0572. The highest BCUT2D eigenvalue weighted by atomic mass is 16.5. The van der Waals surface area contributed by atoms with Gasteiger partial charge in [0.2, 0.25) is 0 Å². The summed E-state index contributed by atoms with van der Waals surface area (Å²) in [7, 11) is 0. The lowest BCUT2D eigenvalue weighted by atomic mass is 10.0. The summed E-state index contributed by atoms with van der Waals surface area (Å²) in [6.45, 7) is 7.73. The standard InChI is InChI=1S/C25H48O4/c1-4-7-9-10-14-17-21-28-24(26)19-15-12-11-13-16-20-25(27)29-22-23(6-3)18-8-5-2/h23H,4-22H2,1-3H3. The second-order valence-corrected chi connectivity index (χ2v) is 8.36. The molecule has 0 fully saturated rings. The van der Waals surface area contributed by atoms with E-state index in [2.05, 4.69) is 20.8 Å². The second-order valence-electron chi connectivity index (χ2n) is 8.36. The van der Waals surface area contributed by atoms with E-state index in [1.807, 2.05) is 0 Å². The number of carbonyl (C=O) groups excluding carboxylic acids is 2. The first kappa shape index (κ1) is 27.9. The predicted octanol–water partition coefficient (Wildman–Crippen LogP) is 7.38. The van der Waals surface area contributed by atoms with Gasteiger partial charge in [-0.25, -0.2) is 0 Å². The number of carbonyl (C=O) groups is 2. The van der Waals surface area contributed by atoms with E-state index in [4.69, 9.17) is 9.47 Å². The molecule has 0 aromatic heterocycles. The van der Waals surface area contributed by atoms with Crippen LogP contribution in [0.4, 0.5) is 0 Å². The fourth-order valence-electron chi connectivity index (χ4n) is 3.39. The third-order valence-corrected chi connectivity index (χ3v) is 5.55. The summed E-state index contributed by atoms with van der Waals surface area (Å²) in [5.74, 6) is 0.397. The molecule has 0 bridgehead atoms. The molecule has 0 spiro atoms. The molecule has 0 amide bonds. The molecular formula is C25H48O4. The van der Waals surface area contributed by atoms with Gasteiger partial charge in [0.1, 0.15) is 0 Å². The Kier molecular flexibility index (Phi) is 20.9. The average molecular weight is 413 g/mol. The van der Waals surface area contributed by atoms with Crippen LogP contribution in [0.1, 0.15) is 130 Å². The van der Waals surface area contributed by atoms with Crippen molar-refractivity contribution in [1.29, 1.82) is 0 Å². The monoisotopic (exact) mass is 412 g/mol. The number of unbranched alkanes of at least 4 members (excludes halogenated alkanes) is 10. The maximum absolute atomic E-state index is 11.8. The Morgan fingerprint density at radius 2 is 1.14 bits per heavy atom. The first-order valence-corrected chi connectivity index (χ1v) is 12.4. The van der Waals surface area contributed by atoms with Gasteiger partial charge < -0.3 is 9.47 Å². The smallest absolute Gasteiger partial charge is 0.305 e. The maximum atomic E-state index is 11.8. The van der Waals surface area contributed by atoms with E-state index >= 15 is 0 Å². The number of rotatable bonds is 21. The highest BCUT2D eigenvalue weighted by Crippen LogP contribution is 2.14. The lowest BCUT2D eigenvalue weighted by Crippen LogP contribution is -2.13. The molecule has 0 saturated carbocycles. The normalized spacial score (nSPS) is 12.0. The quantitative estimate of drug-likeness (QED) is 0.146. The Morgan fingerprint density at radius 1 is 0.621 bits per heavy atom. The van der Waals surface area contributed by atoms with Gasteiger partial charge in [0.15, 0.2) is 0 Å². The van der Waals surface area contributed by atoms with E-state index in [1.165, 1.54) is 38.5 Å². The number of ether oxygens (including phenoxy) is 2. The van der Waals surface area contributed by atoms with E-state index in [-0.39, 0.29) is 11.9 Å². The summed E-state index contributed by atoms with van der Waals surface area (Å²) in [6.07, 6.45) is 17.8. The van der Waals surface area contributed by atoms with Crippen LogP contribution in [-0.2, 0) is 19.1 Å². The zero-order chi connectivity index (χ0) is 21.6. The van der Waals surface area contributed by atoms with Crippen LogP contribution >= 0.6 is 0 Å². The molecular weight excluding hydrogens is 364 g/mol. The molecule has 0 aromatic rings. The molecule has 0 aliphatic heterocycles. The van der Waals surface area contributed by atoms with Crippen molar-refractivity contribution in [3.63, 3.8) is 0 Å². The van der Waals surface area contributed by atoms with Crippen LogP contribution in [0.2, 0.25) is 0 Å². The molecule has 0 radical (unpaired) electrons. The lowest BCUT2D eigenvalue weighted by molar-refractivity contribution is -0.145. The van der Waals surface area contributed by atoms with Crippen LogP contribution in [-0.4, -0.2) is 25.2 Å². The van der Waals surface area contributed by atoms with Crippen LogP contribution < -0.4 is 0 Å². The molecule has 0 N–H and O–H groups in total. The summed E-state index contributed by atoms with van der Waals surface area (Å²) >= 11 is 0. The Hall–Kier alpha value is -1.06. The molecule has 0 saturated heterocycles. The number of esters is 2. The van der Waals surface area contributed by atoms with Crippen molar-refractivity contribution in [3.05, 3.63) is 0 Å². The van der Waals surface area contributed by atoms with Crippen molar-refractivity contribution < 1.29 is 19.1 Å². The second kappa shape index (κ2) is 21.6. The Morgan fingerprint density at radius 3 is 1.72 bits per heavy atom. The third kappa shape index (κ3) is 20.0. The molecule has 172 valence electrons. The molecule has 4 nitrogen and oxygen atoms in total. The van der Waals surface area contributed by atoms with Gasteiger partial charge in [-0.05, 0) is 31.6 Å². The van der Waals surface area contributed by atoms with Gasteiger partial charge in [-0.1, -0.05) is 91.4 Å². The van der Waals surface area contributed by atoms with Crippen molar-refractivity contribution in [2.24, 2.45) is 5.92 Å². The van der Waals surface area contributed by atoms with Gasteiger partial charge >= 0.3 is 11.9 Å². The van der Waals surface area contributed by atoms with Crippen molar-refractivity contribution >= 4 is 11.9 Å². The van der Waals surface area contributed by atoms with Crippen molar-refractivity contribution in [3.8, 4) is 0 Å². The van der Waals surface area contributed by atoms with E-state index in [0.717, 1.165) is 57.8 Å². The number of hydrogen-bond acceptors (Lipinski definition) is 4. The minimum Gasteiger partial charge on any atom is -0.466 e. The molecule has 0 rings (SSSR count). The van der Waals surface area contributed by atoms with Crippen LogP contribution in [0, 0.1) is 5.92 Å². The molecule has 0 aromatic carbocycles. The Balaban J connectivity index is 3.42. The highest BCUT2D eigenvalue weighted by molar-refractivity contribution is 5.69. The third-order valence-electron chi connectivity index (χ3n) is 5.55. The Labute approximate surface area is 180 Å². The van der Waals surface area contributed by atoms with Crippen LogP contribution in [0.3, 0.4) is 0 Å². The van der Waals surface area contributed by atoms with Crippen molar-refractivity contribution in [2.75, 3.05) is 13.2 Å². The van der Waals surface area contributed by atoms with Gasteiger partial charge in [0.25, 0.3) is 0 Å². The SMILES string of the molecule is CCCCCCCCOC(=O)CCCCCCCC(=O)OCC(CC)CCCC. The van der Waals surface area contributed by atoms with E-state index < -0.39 is 0 Å². The van der Waals surface area contributed by atoms with E-state index in [1.54, 1.807) is 0 Å². The van der Waals surface area contributed by atoms with Crippen LogP contribution in [0.15, 0.2) is 0 Å². The first-order chi connectivity index (χ1) is 14.1. The summed E-state index contributed by atoms with van der Waals surface area (Å²) in [4.78, 5) is 23.5. The molecule has 0 aliphatic rings. The fourth-order valence-corrected chi connectivity index (χ4v) is 3.39. The molecule has 1 atom stereocenters. The molecule has 29 heavy (non-hydrogen) atoms. The molecule has 4 heteroatoms. The summed E-state index contributed by atoms with van der Waals surface area (Å²) in [5.41, 5.74) is 0. The minimum atomic E-state index is -0.0595. The molecule has 0 aliphatic carbocycles. The van der Waals surface area contributed by atoms with Gasteiger partial charge in [-0.3, -0.25) is 9.59 Å². The van der Waals surface area contributed by atoms with Crippen molar-refractivity contribution in [2.45, 2.75) is 130 Å².